The Morgan fingerprint density at radius 3 is 2.94 bits per heavy atom. The lowest BCUT2D eigenvalue weighted by Gasteiger charge is -2.12. The van der Waals surface area contributed by atoms with E-state index in [9.17, 15) is 0 Å². The van der Waals surface area contributed by atoms with Gasteiger partial charge in [0.05, 0.1) is 11.6 Å². The number of aliphatic imine (C=N–C) groups is 1. The van der Waals surface area contributed by atoms with Crippen LogP contribution in [0.1, 0.15) is 18.1 Å². The summed E-state index contributed by atoms with van der Waals surface area (Å²) in [7, 11) is 1.87. The summed E-state index contributed by atoms with van der Waals surface area (Å²) in [6.07, 6.45) is 6.31. The van der Waals surface area contributed by atoms with E-state index < -0.39 is 0 Å². The van der Waals surface area contributed by atoms with Crippen LogP contribution in [-0.2, 0) is 13.5 Å². The van der Waals surface area contributed by atoms with Crippen LogP contribution in [0.3, 0.4) is 0 Å². The maximum absolute atomic E-state index is 4.72. The van der Waals surface area contributed by atoms with Gasteiger partial charge >= 0.3 is 0 Å². The molecule has 0 unspecified atom stereocenters. The van der Waals surface area contributed by atoms with Crippen molar-refractivity contribution in [3.05, 3.63) is 48.0 Å². The second-order valence-electron chi connectivity index (χ2n) is 7.45. The summed E-state index contributed by atoms with van der Waals surface area (Å²) in [6, 6.07) is 6.51. The normalized spacial score (nSPS) is 11.9. The van der Waals surface area contributed by atoms with Crippen molar-refractivity contribution in [3.63, 3.8) is 0 Å². The third-order valence-electron chi connectivity index (χ3n) is 5.16. The van der Waals surface area contributed by atoms with E-state index in [4.69, 9.17) is 4.99 Å². The number of aromatic amines is 1. The Balaban J connectivity index is 1.30. The number of guanidine groups is 1. The lowest BCUT2D eigenvalue weighted by atomic mass is 10.1. The van der Waals surface area contributed by atoms with Crippen molar-refractivity contribution in [1.29, 1.82) is 0 Å². The smallest absolute Gasteiger partial charge is 0.191 e. The number of nitrogens with one attached hydrogen (secondary N) is 4. The SMILES string of the molecule is CCNC(=NCCc1c[nH]c2cc(C)ccc12)NCCNc1ncnc2c1cnn2C. The van der Waals surface area contributed by atoms with Gasteiger partial charge in [-0.05, 0) is 37.5 Å². The highest BCUT2D eigenvalue weighted by molar-refractivity contribution is 5.86. The molecule has 0 amide bonds. The predicted molar refractivity (Wildman–Crippen MR) is 126 cm³/mol. The maximum Gasteiger partial charge on any atom is 0.191 e. The lowest BCUT2D eigenvalue weighted by molar-refractivity contribution is 0.785. The van der Waals surface area contributed by atoms with Crippen LogP contribution in [0.15, 0.2) is 41.9 Å². The summed E-state index contributed by atoms with van der Waals surface area (Å²) in [4.78, 5) is 16.7. The molecule has 4 rings (SSSR count). The Hall–Kier alpha value is -3.62. The fourth-order valence-corrected chi connectivity index (χ4v) is 3.60. The van der Waals surface area contributed by atoms with Crippen LogP contribution in [0.25, 0.3) is 21.9 Å². The van der Waals surface area contributed by atoms with Crippen molar-refractivity contribution in [1.82, 2.24) is 35.4 Å². The molecule has 1 aromatic carbocycles. The number of H-pyrrole nitrogens is 1. The van der Waals surface area contributed by atoms with Gasteiger partial charge < -0.3 is 20.9 Å². The highest BCUT2D eigenvalue weighted by Crippen LogP contribution is 2.20. The molecule has 3 aromatic heterocycles. The summed E-state index contributed by atoms with van der Waals surface area (Å²) in [5.74, 6) is 1.60. The number of nitrogens with zero attached hydrogens (tertiary/aromatic N) is 5. The molecule has 0 aliphatic rings. The van der Waals surface area contributed by atoms with E-state index in [1.54, 1.807) is 17.2 Å². The maximum atomic E-state index is 4.72. The molecule has 0 aliphatic heterocycles. The summed E-state index contributed by atoms with van der Waals surface area (Å²) >= 11 is 0. The zero-order chi connectivity index (χ0) is 21.6. The average molecular weight is 420 g/mol. The van der Waals surface area contributed by atoms with Crippen molar-refractivity contribution >= 4 is 33.7 Å². The molecule has 3 heterocycles. The van der Waals surface area contributed by atoms with E-state index in [1.165, 1.54) is 22.0 Å². The van der Waals surface area contributed by atoms with Crippen molar-refractivity contribution < 1.29 is 0 Å². The van der Waals surface area contributed by atoms with Crippen molar-refractivity contribution in [2.45, 2.75) is 20.3 Å². The second-order valence-corrected chi connectivity index (χ2v) is 7.45. The molecule has 31 heavy (non-hydrogen) atoms. The quantitative estimate of drug-likeness (QED) is 0.198. The predicted octanol–water partition coefficient (Wildman–Crippen LogP) is 2.36. The van der Waals surface area contributed by atoms with Crippen molar-refractivity contribution in [3.8, 4) is 0 Å². The molecule has 9 nitrogen and oxygen atoms in total. The first-order chi connectivity index (χ1) is 15.2. The number of hydrogen-bond acceptors (Lipinski definition) is 5. The summed E-state index contributed by atoms with van der Waals surface area (Å²) in [5, 5.41) is 16.5. The molecule has 0 atom stereocenters. The number of anilines is 1. The topological polar surface area (TPSA) is 108 Å². The molecule has 0 radical (unpaired) electrons. The van der Waals surface area contributed by atoms with Gasteiger partial charge in [0.15, 0.2) is 11.6 Å². The van der Waals surface area contributed by atoms with Crippen molar-refractivity contribution in [2.75, 3.05) is 31.5 Å². The monoisotopic (exact) mass is 419 g/mol. The number of aromatic nitrogens is 5. The van der Waals surface area contributed by atoms with Gasteiger partial charge in [-0.3, -0.25) is 9.67 Å². The van der Waals surface area contributed by atoms with Gasteiger partial charge in [0.25, 0.3) is 0 Å². The van der Waals surface area contributed by atoms with Gasteiger partial charge in [-0.1, -0.05) is 12.1 Å². The van der Waals surface area contributed by atoms with Crippen LogP contribution >= 0.6 is 0 Å². The van der Waals surface area contributed by atoms with Crippen molar-refractivity contribution in [2.24, 2.45) is 12.0 Å². The Kier molecular flexibility index (Phi) is 6.30. The molecule has 0 aliphatic carbocycles. The molecule has 0 saturated heterocycles. The van der Waals surface area contributed by atoms with E-state index in [1.807, 2.05) is 7.05 Å². The first-order valence-electron chi connectivity index (χ1n) is 10.6. The molecule has 4 aromatic rings. The van der Waals surface area contributed by atoms with E-state index in [0.717, 1.165) is 35.8 Å². The standard InChI is InChI=1S/C22H29N9/c1-4-23-22(25-8-7-16-12-27-19-11-15(2)5-6-17(16)19)26-10-9-24-20-18-13-30-31(3)21(18)29-14-28-20/h5-6,11-14,27H,4,7-10H2,1-3H3,(H2,23,25,26)(H,24,28,29). The Bertz CT molecular complexity index is 1190. The average Bonchev–Trinajstić information content (AvgIpc) is 3.35. The van der Waals surface area contributed by atoms with Crippen LogP contribution in [0.5, 0.6) is 0 Å². The molecule has 0 spiro atoms. The third-order valence-corrected chi connectivity index (χ3v) is 5.16. The number of hydrogen-bond donors (Lipinski definition) is 4. The van der Waals surface area contributed by atoms with Crippen LogP contribution in [0.2, 0.25) is 0 Å². The molecule has 0 saturated carbocycles. The summed E-state index contributed by atoms with van der Waals surface area (Å²) in [6.45, 7) is 7.12. The Morgan fingerprint density at radius 1 is 1.16 bits per heavy atom. The largest absolute Gasteiger partial charge is 0.368 e. The minimum absolute atomic E-state index is 0.702. The lowest BCUT2D eigenvalue weighted by Crippen LogP contribution is -2.39. The zero-order valence-corrected chi connectivity index (χ0v) is 18.2. The van der Waals surface area contributed by atoms with Crippen LogP contribution < -0.4 is 16.0 Å². The molecular weight excluding hydrogens is 390 g/mol. The summed E-state index contributed by atoms with van der Waals surface area (Å²) in [5.41, 5.74) is 4.55. The summed E-state index contributed by atoms with van der Waals surface area (Å²) < 4.78 is 1.74. The van der Waals surface area contributed by atoms with Crippen LogP contribution in [0, 0.1) is 6.92 Å². The van der Waals surface area contributed by atoms with Crippen LogP contribution in [-0.4, -0.2) is 56.9 Å². The van der Waals surface area contributed by atoms with Gasteiger partial charge in [-0.15, -0.1) is 0 Å². The highest BCUT2D eigenvalue weighted by Gasteiger charge is 2.07. The molecule has 9 heteroatoms. The second kappa shape index (κ2) is 9.46. The number of benzene rings is 1. The minimum atomic E-state index is 0.702. The number of aryl methyl sites for hydroxylation is 2. The zero-order valence-electron chi connectivity index (χ0n) is 18.2. The number of fused-ring (bicyclic) bond motifs is 2. The molecule has 4 N–H and O–H groups in total. The number of rotatable bonds is 8. The van der Waals surface area contributed by atoms with E-state index in [-0.39, 0.29) is 0 Å². The van der Waals surface area contributed by atoms with Crippen LogP contribution in [0.4, 0.5) is 5.82 Å². The molecular formula is C22H29N9. The third kappa shape index (κ3) is 4.76. The van der Waals surface area contributed by atoms with Gasteiger partial charge in [-0.25, -0.2) is 9.97 Å². The Morgan fingerprint density at radius 2 is 2.06 bits per heavy atom. The molecule has 0 fully saturated rings. The first kappa shape index (κ1) is 20.6. The highest BCUT2D eigenvalue weighted by atomic mass is 15.3. The van der Waals surface area contributed by atoms with E-state index in [2.05, 4.69) is 74.2 Å². The van der Waals surface area contributed by atoms with E-state index >= 15 is 0 Å². The van der Waals surface area contributed by atoms with E-state index in [0.29, 0.717) is 19.6 Å². The molecule has 0 bridgehead atoms. The van der Waals surface area contributed by atoms with Gasteiger partial charge in [-0.2, -0.15) is 5.10 Å². The first-order valence-corrected chi connectivity index (χ1v) is 10.6. The molecule has 162 valence electrons. The van der Waals surface area contributed by atoms with Gasteiger partial charge in [0.1, 0.15) is 12.1 Å². The van der Waals surface area contributed by atoms with Gasteiger partial charge in [0, 0.05) is 50.3 Å². The Labute approximate surface area is 181 Å². The minimum Gasteiger partial charge on any atom is -0.368 e. The fourth-order valence-electron chi connectivity index (χ4n) is 3.60. The fraction of sp³-hybridized carbons (Fsp3) is 0.364. The van der Waals surface area contributed by atoms with Gasteiger partial charge in [0.2, 0.25) is 0 Å².